The van der Waals surface area contributed by atoms with Crippen LogP contribution in [0.2, 0.25) is 5.02 Å². The summed E-state index contributed by atoms with van der Waals surface area (Å²) in [6, 6.07) is 2.48. The molecule has 0 aliphatic heterocycles. The van der Waals surface area contributed by atoms with Crippen LogP contribution in [0.5, 0.6) is 0 Å². The molecule has 1 aromatic rings. The van der Waals surface area contributed by atoms with Crippen molar-refractivity contribution in [2.75, 3.05) is 12.4 Å². The van der Waals surface area contributed by atoms with Gasteiger partial charge in [-0.05, 0) is 25.1 Å². The molecule has 1 unspecified atom stereocenters. The average Bonchev–Trinajstić information content (AvgIpc) is 2.32. The average molecular weight is 274 g/mol. The molecule has 1 rings (SSSR count). The van der Waals surface area contributed by atoms with Crippen molar-refractivity contribution in [1.29, 1.82) is 0 Å². The number of rotatable bonds is 3. The van der Waals surface area contributed by atoms with E-state index in [1.807, 2.05) is 0 Å². The molecule has 0 aromatic heterocycles. The lowest BCUT2D eigenvalue weighted by Crippen LogP contribution is -2.44. The van der Waals surface area contributed by atoms with Crippen LogP contribution in [0.1, 0.15) is 6.92 Å². The monoisotopic (exact) mass is 273 g/mol. The minimum atomic E-state index is -0.690. The van der Waals surface area contributed by atoms with Crippen molar-refractivity contribution in [3.8, 4) is 0 Å². The van der Waals surface area contributed by atoms with Crippen LogP contribution in [0.4, 0.5) is 14.9 Å². The minimum Gasteiger partial charge on any atom is -0.373 e. The number of imide groups is 1. The Morgan fingerprint density at radius 3 is 2.61 bits per heavy atom. The Morgan fingerprint density at radius 2 is 2.06 bits per heavy atom. The van der Waals surface area contributed by atoms with Crippen LogP contribution in [-0.4, -0.2) is 25.0 Å². The van der Waals surface area contributed by atoms with Gasteiger partial charge in [0.05, 0.1) is 10.7 Å². The fraction of sp³-hybridized carbons (Fsp3) is 0.273. The number of benzene rings is 1. The highest BCUT2D eigenvalue weighted by atomic mass is 35.5. The van der Waals surface area contributed by atoms with E-state index in [0.717, 1.165) is 6.07 Å². The van der Waals surface area contributed by atoms with Crippen LogP contribution in [0.3, 0.4) is 0 Å². The second-order valence-corrected chi connectivity index (χ2v) is 3.97. The summed E-state index contributed by atoms with van der Waals surface area (Å²) in [7, 11) is 1.40. The molecule has 0 heterocycles. The summed E-state index contributed by atoms with van der Waals surface area (Å²) in [5.74, 6) is -0.984. The minimum absolute atomic E-state index is 0.162. The molecule has 18 heavy (non-hydrogen) atoms. The van der Waals surface area contributed by atoms with Gasteiger partial charge in [0.25, 0.3) is 0 Å². The van der Waals surface area contributed by atoms with Crippen molar-refractivity contribution in [1.82, 2.24) is 10.6 Å². The summed E-state index contributed by atoms with van der Waals surface area (Å²) in [6.07, 6.45) is 0. The fourth-order valence-electron chi connectivity index (χ4n) is 1.19. The van der Waals surface area contributed by atoms with Crippen LogP contribution in [0.25, 0.3) is 0 Å². The number of anilines is 1. The number of hydrogen-bond acceptors (Lipinski definition) is 3. The highest BCUT2D eigenvalue weighted by Gasteiger charge is 2.16. The molecule has 0 spiro atoms. The number of halogens is 2. The Morgan fingerprint density at radius 1 is 1.39 bits per heavy atom. The maximum absolute atomic E-state index is 12.8. The highest BCUT2D eigenvalue weighted by molar-refractivity contribution is 6.33. The SMILES string of the molecule is CNC(=O)NC(=O)C(C)Nc1ccc(F)cc1Cl. The molecule has 7 heteroatoms. The third-order valence-electron chi connectivity index (χ3n) is 2.16. The number of amides is 3. The summed E-state index contributed by atoms with van der Waals surface area (Å²) in [5, 5.41) is 7.31. The second kappa shape index (κ2) is 6.20. The molecule has 3 amide bonds. The van der Waals surface area contributed by atoms with Gasteiger partial charge in [-0.1, -0.05) is 11.6 Å². The van der Waals surface area contributed by atoms with E-state index >= 15 is 0 Å². The third kappa shape index (κ3) is 3.89. The largest absolute Gasteiger partial charge is 0.373 e. The van der Waals surface area contributed by atoms with Gasteiger partial charge in [-0.2, -0.15) is 0 Å². The standard InChI is InChI=1S/C11H13ClFN3O2/c1-6(10(17)16-11(18)14-2)15-9-4-3-7(13)5-8(9)12/h3-6,15H,1-2H3,(H2,14,16,17,18). The lowest BCUT2D eigenvalue weighted by Gasteiger charge is -2.15. The summed E-state index contributed by atoms with van der Waals surface area (Å²) >= 11 is 5.80. The molecular weight excluding hydrogens is 261 g/mol. The maximum Gasteiger partial charge on any atom is 0.321 e. The van der Waals surface area contributed by atoms with Gasteiger partial charge in [0.15, 0.2) is 0 Å². The lowest BCUT2D eigenvalue weighted by molar-refractivity contribution is -0.120. The van der Waals surface area contributed by atoms with Crippen molar-refractivity contribution in [2.24, 2.45) is 0 Å². The molecule has 0 radical (unpaired) electrons. The third-order valence-corrected chi connectivity index (χ3v) is 2.47. The zero-order chi connectivity index (χ0) is 13.7. The van der Waals surface area contributed by atoms with E-state index in [9.17, 15) is 14.0 Å². The van der Waals surface area contributed by atoms with Crippen LogP contribution in [-0.2, 0) is 4.79 Å². The molecule has 0 aliphatic rings. The van der Waals surface area contributed by atoms with Gasteiger partial charge < -0.3 is 10.6 Å². The Balaban J connectivity index is 2.66. The van der Waals surface area contributed by atoms with Gasteiger partial charge in [0.1, 0.15) is 11.9 Å². The van der Waals surface area contributed by atoms with E-state index in [1.54, 1.807) is 6.92 Å². The zero-order valence-electron chi connectivity index (χ0n) is 9.88. The first-order valence-electron chi connectivity index (χ1n) is 5.18. The van der Waals surface area contributed by atoms with Gasteiger partial charge in [0, 0.05) is 7.05 Å². The first kappa shape index (κ1) is 14.2. The lowest BCUT2D eigenvalue weighted by atomic mass is 10.2. The predicted molar refractivity (Wildman–Crippen MR) is 67.1 cm³/mol. The van der Waals surface area contributed by atoms with Crippen LogP contribution in [0.15, 0.2) is 18.2 Å². The molecule has 0 saturated carbocycles. The molecule has 98 valence electrons. The first-order chi connectivity index (χ1) is 8.43. The molecule has 0 bridgehead atoms. The van der Waals surface area contributed by atoms with Crippen molar-refractivity contribution in [3.05, 3.63) is 29.0 Å². The molecule has 0 aliphatic carbocycles. The van der Waals surface area contributed by atoms with E-state index in [-0.39, 0.29) is 5.02 Å². The number of urea groups is 1. The van der Waals surface area contributed by atoms with E-state index in [2.05, 4.69) is 16.0 Å². The topological polar surface area (TPSA) is 70.2 Å². The highest BCUT2D eigenvalue weighted by Crippen LogP contribution is 2.22. The van der Waals surface area contributed by atoms with Gasteiger partial charge in [-0.3, -0.25) is 10.1 Å². The molecule has 1 atom stereocenters. The van der Waals surface area contributed by atoms with E-state index in [0.29, 0.717) is 5.69 Å². The van der Waals surface area contributed by atoms with Crippen molar-refractivity contribution in [2.45, 2.75) is 13.0 Å². The van der Waals surface area contributed by atoms with Crippen molar-refractivity contribution >= 4 is 29.2 Å². The van der Waals surface area contributed by atoms with E-state index in [1.165, 1.54) is 19.2 Å². The maximum atomic E-state index is 12.8. The van der Waals surface area contributed by atoms with Crippen molar-refractivity contribution < 1.29 is 14.0 Å². The molecular formula is C11H13ClFN3O2. The van der Waals surface area contributed by atoms with Crippen LogP contribution < -0.4 is 16.0 Å². The number of carbonyl (C=O) groups is 2. The molecule has 1 aromatic carbocycles. The Bertz CT molecular complexity index is 468. The Kier molecular flexibility index (Phi) is 4.91. The Hall–Kier alpha value is -1.82. The zero-order valence-corrected chi connectivity index (χ0v) is 10.6. The number of carbonyl (C=O) groups excluding carboxylic acids is 2. The molecule has 0 saturated heterocycles. The van der Waals surface area contributed by atoms with Crippen LogP contribution >= 0.6 is 11.6 Å². The van der Waals surface area contributed by atoms with E-state index in [4.69, 9.17) is 11.6 Å². The van der Waals surface area contributed by atoms with Gasteiger partial charge in [-0.25, -0.2) is 9.18 Å². The van der Waals surface area contributed by atoms with Crippen molar-refractivity contribution in [3.63, 3.8) is 0 Å². The predicted octanol–water partition coefficient (Wildman–Crippen LogP) is 1.74. The summed E-state index contributed by atoms with van der Waals surface area (Å²) in [5.41, 5.74) is 0.414. The first-order valence-corrected chi connectivity index (χ1v) is 5.56. The van der Waals surface area contributed by atoms with Gasteiger partial charge >= 0.3 is 6.03 Å². The van der Waals surface area contributed by atoms with Crippen LogP contribution in [0, 0.1) is 5.82 Å². The summed E-state index contributed by atoms with van der Waals surface area (Å²) in [6.45, 7) is 1.55. The van der Waals surface area contributed by atoms with Gasteiger partial charge in [-0.15, -0.1) is 0 Å². The Labute approximate surface area is 109 Å². The van der Waals surface area contributed by atoms with E-state index < -0.39 is 23.8 Å². The quantitative estimate of drug-likeness (QED) is 0.786. The summed E-state index contributed by atoms with van der Waals surface area (Å²) < 4.78 is 12.8. The molecule has 3 N–H and O–H groups in total. The number of hydrogen-bond donors (Lipinski definition) is 3. The summed E-state index contributed by atoms with van der Waals surface area (Å²) in [4.78, 5) is 22.5. The number of nitrogens with one attached hydrogen (secondary N) is 3. The second-order valence-electron chi connectivity index (χ2n) is 3.56. The van der Waals surface area contributed by atoms with Gasteiger partial charge in [0.2, 0.25) is 5.91 Å². The fourth-order valence-corrected chi connectivity index (χ4v) is 1.41. The molecule has 0 fully saturated rings. The normalized spacial score (nSPS) is 11.6. The smallest absolute Gasteiger partial charge is 0.321 e. The molecule has 5 nitrogen and oxygen atoms in total.